The number of ether oxygens (including phenoxy) is 1. The third-order valence-corrected chi connectivity index (χ3v) is 2.85. The van der Waals surface area contributed by atoms with Crippen LogP contribution in [-0.2, 0) is 16.1 Å². The molecule has 0 aliphatic heterocycles. The van der Waals surface area contributed by atoms with Gasteiger partial charge in [0, 0.05) is 20.2 Å². The molecule has 1 aromatic carbocycles. The van der Waals surface area contributed by atoms with Crippen LogP contribution in [0, 0.1) is 0 Å². The van der Waals surface area contributed by atoms with Crippen molar-refractivity contribution in [1.29, 1.82) is 0 Å². The van der Waals surface area contributed by atoms with Crippen LogP contribution < -0.4 is 10.6 Å². The van der Waals surface area contributed by atoms with E-state index in [2.05, 4.69) is 10.6 Å². The summed E-state index contributed by atoms with van der Waals surface area (Å²) in [5.74, 6) is -1.12. The Kier molecular flexibility index (Phi) is 6.69. The molecular weight excluding hydrogens is 260 g/mol. The largest absolute Gasteiger partial charge is 0.478 e. The molecule has 6 nitrogen and oxygen atoms in total. The van der Waals surface area contributed by atoms with Gasteiger partial charge in [-0.1, -0.05) is 18.2 Å². The molecule has 1 rings (SSSR count). The highest BCUT2D eigenvalue weighted by atomic mass is 16.5. The second-order valence-corrected chi connectivity index (χ2v) is 4.35. The summed E-state index contributed by atoms with van der Waals surface area (Å²) < 4.78 is 4.84. The highest BCUT2D eigenvalue weighted by Crippen LogP contribution is 2.08. The van der Waals surface area contributed by atoms with E-state index in [9.17, 15) is 9.59 Å². The first-order chi connectivity index (χ1) is 9.56. The summed E-state index contributed by atoms with van der Waals surface area (Å²) in [5, 5.41) is 14.8. The van der Waals surface area contributed by atoms with E-state index in [0.717, 1.165) is 0 Å². The zero-order valence-corrected chi connectivity index (χ0v) is 11.7. The van der Waals surface area contributed by atoms with E-state index in [1.54, 1.807) is 38.3 Å². The van der Waals surface area contributed by atoms with Crippen LogP contribution in [0.5, 0.6) is 0 Å². The Balaban J connectivity index is 2.50. The third kappa shape index (κ3) is 4.99. The SMILES string of the molecule is COCCNC(=O)C(C)NCc1ccccc1C(=O)O. The van der Waals surface area contributed by atoms with Crippen molar-refractivity contribution in [1.82, 2.24) is 10.6 Å². The van der Waals surface area contributed by atoms with Crippen LogP contribution >= 0.6 is 0 Å². The number of carbonyl (C=O) groups excluding carboxylic acids is 1. The average molecular weight is 280 g/mol. The van der Waals surface area contributed by atoms with Crippen LogP contribution in [0.2, 0.25) is 0 Å². The molecule has 1 atom stereocenters. The van der Waals surface area contributed by atoms with Gasteiger partial charge in [0.15, 0.2) is 0 Å². The van der Waals surface area contributed by atoms with Crippen molar-refractivity contribution in [3.63, 3.8) is 0 Å². The van der Waals surface area contributed by atoms with E-state index in [-0.39, 0.29) is 11.5 Å². The minimum Gasteiger partial charge on any atom is -0.478 e. The summed E-state index contributed by atoms with van der Waals surface area (Å²) in [7, 11) is 1.57. The number of nitrogens with one attached hydrogen (secondary N) is 2. The van der Waals surface area contributed by atoms with Crippen molar-refractivity contribution in [2.24, 2.45) is 0 Å². The van der Waals surface area contributed by atoms with Crippen LogP contribution in [0.1, 0.15) is 22.8 Å². The second-order valence-electron chi connectivity index (χ2n) is 4.35. The van der Waals surface area contributed by atoms with Gasteiger partial charge in [-0.3, -0.25) is 4.79 Å². The fraction of sp³-hybridized carbons (Fsp3) is 0.429. The minimum absolute atomic E-state index is 0.144. The lowest BCUT2D eigenvalue weighted by atomic mass is 10.1. The van der Waals surface area contributed by atoms with Gasteiger partial charge in [0.25, 0.3) is 0 Å². The van der Waals surface area contributed by atoms with Gasteiger partial charge >= 0.3 is 5.97 Å². The molecule has 1 amide bonds. The molecule has 0 saturated heterocycles. The number of amides is 1. The number of hydrogen-bond donors (Lipinski definition) is 3. The molecule has 1 unspecified atom stereocenters. The first-order valence-corrected chi connectivity index (χ1v) is 6.37. The maximum absolute atomic E-state index is 11.7. The molecule has 0 radical (unpaired) electrons. The smallest absolute Gasteiger partial charge is 0.336 e. The van der Waals surface area contributed by atoms with Gasteiger partial charge in [0.1, 0.15) is 0 Å². The maximum Gasteiger partial charge on any atom is 0.336 e. The van der Waals surface area contributed by atoms with Crippen LogP contribution in [0.15, 0.2) is 24.3 Å². The molecule has 0 aromatic heterocycles. The number of carboxylic acid groups (broad SMARTS) is 1. The zero-order valence-electron chi connectivity index (χ0n) is 11.7. The standard InChI is InChI=1S/C14H20N2O4/c1-10(13(17)15-7-8-20-2)16-9-11-5-3-4-6-12(11)14(18)19/h3-6,10,16H,7-9H2,1-2H3,(H,15,17)(H,18,19). The van der Waals surface area contributed by atoms with Gasteiger partial charge in [-0.2, -0.15) is 0 Å². The van der Waals surface area contributed by atoms with Crippen LogP contribution in [0.3, 0.4) is 0 Å². The number of benzene rings is 1. The van der Waals surface area contributed by atoms with Gasteiger partial charge in [0.05, 0.1) is 18.2 Å². The van der Waals surface area contributed by atoms with Gasteiger partial charge < -0.3 is 20.5 Å². The Morgan fingerprint density at radius 1 is 1.35 bits per heavy atom. The Morgan fingerprint density at radius 2 is 2.05 bits per heavy atom. The van der Waals surface area contributed by atoms with Crippen molar-refractivity contribution < 1.29 is 19.4 Å². The highest BCUT2D eigenvalue weighted by Gasteiger charge is 2.14. The molecule has 0 bridgehead atoms. The molecule has 3 N–H and O–H groups in total. The minimum atomic E-state index is -0.973. The van der Waals surface area contributed by atoms with Gasteiger partial charge in [-0.15, -0.1) is 0 Å². The Bertz CT molecular complexity index is 462. The molecular formula is C14H20N2O4. The fourth-order valence-electron chi connectivity index (χ4n) is 1.67. The van der Waals surface area contributed by atoms with Gasteiger partial charge in [0.2, 0.25) is 5.91 Å². The topological polar surface area (TPSA) is 87.7 Å². The molecule has 1 aromatic rings. The maximum atomic E-state index is 11.7. The number of aromatic carboxylic acids is 1. The Hall–Kier alpha value is -1.92. The number of carboxylic acids is 1. The molecule has 0 saturated carbocycles. The predicted octanol–water partition coefficient (Wildman–Crippen LogP) is 0.625. The summed E-state index contributed by atoms with van der Waals surface area (Å²) in [6, 6.07) is 6.31. The van der Waals surface area contributed by atoms with E-state index in [1.807, 2.05) is 0 Å². The summed E-state index contributed by atoms with van der Waals surface area (Å²) in [4.78, 5) is 22.8. The molecule has 6 heteroatoms. The fourth-order valence-corrected chi connectivity index (χ4v) is 1.67. The molecule has 110 valence electrons. The van der Waals surface area contributed by atoms with Crippen molar-refractivity contribution in [2.75, 3.05) is 20.3 Å². The average Bonchev–Trinajstić information content (AvgIpc) is 2.45. The normalized spacial score (nSPS) is 11.9. The predicted molar refractivity (Wildman–Crippen MR) is 74.6 cm³/mol. The van der Waals surface area contributed by atoms with Gasteiger partial charge in [-0.25, -0.2) is 4.79 Å². The first-order valence-electron chi connectivity index (χ1n) is 6.37. The molecule has 0 fully saturated rings. The summed E-state index contributed by atoms with van der Waals surface area (Å²) in [5.41, 5.74) is 0.892. The Morgan fingerprint density at radius 3 is 2.70 bits per heavy atom. The highest BCUT2D eigenvalue weighted by molar-refractivity contribution is 5.89. The molecule has 0 aliphatic rings. The number of hydrogen-bond acceptors (Lipinski definition) is 4. The third-order valence-electron chi connectivity index (χ3n) is 2.85. The zero-order chi connectivity index (χ0) is 15.0. The lowest BCUT2D eigenvalue weighted by Gasteiger charge is -2.14. The van der Waals surface area contributed by atoms with Crippen LogP contribution in [-0.4, -0.2) is 43.3 Å². The number of carbonyl (C=O) groups is 2. The van der Waals surface area contributed by atoms with E-state index in [4.69, 9.17) is 9.84 Å². The quantitative estimate of drug-likeness (QED) is 0.608. The summed E-state index contributed by atoms with van der Waals surface area (Å²) >= 11 is 0. The monoisotopic (exact) mass is 280 g/mol. The van der Waals surface area contributed by atoms with E-state index in [0.29, 0.717) is 25.3 Å². The van der Waals surface area contributed by atoms with Crippen molar-refractivity contribution in [2.45, 2.75) is 19.5 Å². The van der Waals surface area contributed by atoms with Crippen molar-refractivity contribution >= 4 is 11.9 Å². The second kappa shape index (κ2) is 8.29. The number of methoxy groups -OCH3 is 1. The van der Waals surface area contributed by atoms with Crippen molar-refractivity contribution in [3.8, 4) is 0 Å². The Labute approximate surface area is 118 Å². The lowest BCUT2D eigenvalue weighted by Crippen LogP contribution is -2.43. The van der Waals surface area contributed by atoms with Crippen LogP contribution in [0.25, 0.3) is 0 Å². The summed E-state index contributed by atoms with van der Waals surface area (Å²) in [6.07, 6.45) is 0. The first kappa shape index (κ1) is 16.1. The molecule has 20 heavy (non-hydrogen) atoms. The lowest BCUT2D eigenvalue weighted by molar-refractivity contribution is -0.122. The van der Waals surface area contributed by atoms with Gasteiger partial charge in [-0.05, 0) is 18.6 Å². The van der Waals surface area contributed by atoms with E-state index in [1.165, 1.54) is 0 Å². The molecule has 0 aliphatic carbocycles. The number of rotatable bonds is 8. The molecule has 0 spiro atoms. The van der Waals surface area contributed by atoms with E-state index < -0.39 is 12.0 Å². The summed E-state index contributed by atoms with van der Waals surface area (Å²) in [6.45, 7) is 2.96. The molecule has 0 heterocycles. The van der Waals surface area contributed by atoms with Crippen LogP contribution in [0.4, 0.5) is 0 Å². The van der Waals surface area contributed by atoms with Crippen molar-refractivity contribution in [3.05, 3.63) is 35.4 Å². The van der Waals surface area contributed by atoms with E-state index >= 15 is 0 Å².